The predicted octanol–water partition coefficient (Wildman–Crippen LogP) is 2.68. The number of nitrogens with zero attached hydrogens (tertiary/aromatic N) is 1. The van der Waals surface area contributed by atoms with Crippen LogP contribution in [0.15, 0.2) is 18.2 Å². The number of carboxylic acids is 1. The maximum Gasteiger partial charge on any atom is 0.323 e. The molecule has 0 fully saturated rings. The molecule has 110 valence electrons. The van der Waals surface area contributed by atoms with Crippen molar-refractivity contribution in [1.82, 2.24) is 4.90 Å². The molecule has 1 aromatic rings. The lowest BCUT2D eigenvalue weighted by molar-refractivity contribution is -0.138. The van der Waals surface area contributed by atoms with Gasteiger partial charge in [0.15, 0.2) is 11.6 Å². The molecular weight excluding hydrogens is 270 g/mol. The van der Waals surface area contributed by atoms with E-state index in [-0.39, 0.29) is 11.7 Å². The SMILES string of the molecule is CCC(C)N(CC(=O)O)C(=O)Nc1ccc(F)c(F)c1. The first-order valence-electron chi connectivity index (χ1n) is 6.09. The average molecular weight is 286 g/mol. The van der Waals surface area contributed by atoms with Gasteiger partial charge in [-0.15, -0.1) is 0 Å². The molecule has 1 unspecified atom stereocenters. The van der Waals surface area contributed by atoms with Gasteiger partial charge in [-0.05, 0) is 25.5 Å². The maximum atomic E-state index is 13.0. The summed E-state index contributed by atoms with van der Waals surface area (Å²) >= 11 is 0. The lowest BCUT2D eigenvalue weighted by Crippen LogP contribution is -2.44. The van der Waals surface area contributed by atoms with Crippen LogP contribution in [0, 0.1) is 11.6 Å². The topological polar surface area (TPSA) is 69.6 Å². The highest BCUT2D eigenvalue weighted by Crippen LogP contribution is 2.14. The predicted molar refractivity (Wildman–Crippen MR) is 69.5 cm³/mol. The fourth-order valence-electron chi connectivity index (χ4n) is 1.56. The summed E-state index contributed by atoms with van der Waals surface area (Å²) in [7, 11) is 0. The molecule has 5 nitrogen and oxygen atoms in total. The minimum atomic E-state index is -1.15. The number of urea groups is 1. The van der Waals surface area contributed by atoms with Gasteiger partial charge in [0.05, 0.1) is 0 Å². The van der Waals surface area contributed by atoms with Crippen molar-refractivity contribution in [3.05, 3.63) is 29.8 Å². The lowest BCUT2D eigenvalue weighted by Gasteiger charge is -2.27. The van der Waals surface area contributed by atoms with Crippen LogP contribution in [0.1, 0.15) is 20.3 Å². The Hall–Kier alpha value is -2.18. The van der Waals surface area contributed by atoms with Crippen molar-refractivity contribution in [2.24, 2.45) is 0 Å². The zero-order valence-electron chi connectivity index (χ0n) is 11.2. The molecule has 1 aromatic carbocycles. The second-order valence-electron chi connectivity index (χ2n) is 4.34. The highest BCUT2D eigenvalue weighted by molar-refractivity contribution is 5.91. The summed E-state index contributed by atoms with van der Waals surface area (Å²) in [5, 5.41) is 11.1. The standard InChI is InChI=1S/C13H16F2N2O3/c1-3-8(2)17(7-12(18)19)13(20)16-9-4-5-10(14)11(15)6-9/h4-6,8H,3,7H2,1-2H3,(H,16,20)(H,18,19). The van der Waals surface area contributed by atoms with E-state index in [2.05, 4.69) is 5.32 Å². The van der Waals surface area contributed by atoms with Gasteiger partial charge in [-0.25, -0.2) is 13.6 Å². The molecule has 0 aliphatic heterocycles. The van der Waals surface area contributed by atoms with Gasteiger partial charge in [0.1, 0.15) is 6.54 Å². The summed E-state index contributed by atoms with van der Waals surface area (Å²) in [5.41, 5.74) is 0.0626. The van der Waals surface area contributed by atoms with Crippen LogP contribution < -0.4 is 5.32 Å². The number of benzene rings is 1. The van der Waals surface area contributed by atoms with E-state index >= 15 is 0 Å². The van der Waals surface area contributed by atoms with Gasteiger partial charge < -0.3 is 15.3 Å². The Morgan fingerprint density at radius 1 is 1.35 bits per heavy atom. The monoisotopic (exact) mass is 286 g/mol. The lowest BCUT2D eigenvalue weighted by atomic mass is 10.2. The Morgan fingerprint density at radius 3 is 2.50 bits per heavy atom. The number of rotatable bonds is 5. The van der Waals surface area contributed by atoms with E-state index in [0.29, 0.717) is 6.42 Å². The molecule has 0 aliphatic rings. The first-order valence-corrected chi connectivity index (χ1v) is 6.09. The van der Waals surface area contributed by atoms with Crippen molar-refractivity contribution in [2.45, 2.75) is 26.3 Å². The Labute approximate surface area is 115 Å². The fraction of sp³-hybridized carbons (Fsp3) is 0.385. The number of hydrogen-bond donors (Lipinski definition) is 2. The number of aliphatic carboxylic acids is 1. The van der Waals surface area contributed by atoms with Gasteiger partial charge >= 0.3 is 12.0 Å². The average Bonchev–Trinajstić information content (AvgIpc) is 2.39. The van der Waals surface area contributed by atoms with Gasteiger partial charge in [0.2, 0.25) is 0 Å². The molecule has 0 bridgehead atoms. The van der Waals surface area contributed by atoms with Crippen molar-refractivity contribution in [1.29, 1.82) is 0 Å². The van der Waals surface area contributed by atoms with Gasteiger partial charge in [-0.1, -0.05) is 6.92 Å². The summed E-state index contributed by atoms with van der Waals surface area (Å²) in [4.78, 5) is 23.8. The molecule has 0 spiro atoms. The molecule has 0 aromatic heterocycles. The minimum absolute atomic E-state index is 0.0626. The first kappa shape index (κ1) is 15.9. The van der Waals surface area contributed by atoms with E-state index in [1.54, 1.807) is 6.92 Å². The fourth-order valence-corrected chi connectivity index (χ4v) is 1.56. The summed E-state index contributed by atoms with van der Waals surface area (Å²) < 4.78 is 25.8. The van der Waals surface area contributed by atoms with Crippen molar-refractivity contribution in [3.63, 3.8) is 0 Å². The second kappa shape index (κ2) is 6.83. The first-order chi connectivity index (χ1) is 9.35. The summed E-state index contributed by atoms with van der Waals surface area (Å²) in [6.07, 6.45) is 0.568. The minimum Gasteiger partial charge on any atom is -0.480 e. The van der Waals surface area contributed by atoms with Crippen molar-refractivity contribution in [3.8, 4) is 0 Å². The Kier molecular flexibility index (Phi) is 5.42. The van der Waals surface area contributed by atoms with Crippen molar-refractivity contribution >= 4 is 17.7 Å². The normalized spacial score (nSPS) is 11.8. The van der Waals surface area contributed by atoms with Crippen LogP contribution in [0.3, 0.4) is 0 Å². The molecule has 20 heavy (non-hydrogen) atoms. The van der Waals surface area contributed by atoms with Crippen LogP contribution in [0.2, 0.25) is 0 Å². The number of carboxylic acid groups (broad SMARTS) is 1. The number of halogens is 2. The molecule has 2 N–H and O–H groups in total. The zero-order valence-corrected chi connectivity index (χ0v) is 11.2. The summed E-state index contributed by atoms with van der Waals surface area (Å²) in [6, 6.07) is 1.95. The van der Waals surface area contributed by atoms with Crippen LogP contribution >= 0.6 is 0 Å². The number of hydrogen-bond acceptors (Lipinski definition) is 2. The van der Waals surface area contributed by atoms with Gasteiger partial charge in [0.25, 0.3) is 0 Å². The van der Waals surface area contributed by atoms with Gasteiger partial charge in [0, 0.05) is 17.8 Å². The Balaban J connectivity index is 2.84. The van der Waals surface area contributed by atoms with Gasteiger partial charge in [-0.3, -0.25) is 4.79 Å². The third-order valence-corrected chi connectivity index (χ3v) is 2.86. The van der Waals surface area contributed by atoms with E-state index < -0.39 is 30.2 Å². The van der Waals surface area contributed by atoms with E-state index in [1.165, 1.54) is 6.07 Å². The van der Waals surface area contributed by atoms with Crippen LogP contribution in [-0.2, 0) is 4.79 Å². The third-order valence-electron chi connectivity index (χ3n) is 2.86. The van der Waals surface area contributed by atoms with Crippen LogP contribution in [0.25, 0.3) is 0 Å². The number of nitrogens with one attached hydrogen (secondary N) is 1. The zero-order chi connectivity index (χ0) is 15.3. The highest BCUT2D eigenvalue weighted by atomic mass is 19.2. The van der Waals surface area contributed by atoms with Crippen molar-refractivity contribution < 1.29 is 23.5 Å². The quantitative estimate of drug-likeness (QED) is 0.874. The van der Waals surface area contributed by atoms with Crippen LogP contribution in [0.4, 0.5) is 19.3 Å². The molecule has 1 rings (SSSR count). The van der Waals surface area contributed by atoms with E-state index in [9.17, 15) is 18.4 Å². The molecule has 0 heterocycles. The number of anilines is 1. The summed E-state index contributed by atoms with van der Waals surface area (Å²) in [6.45, 7) is 3.04. The highest BCUT2D eigenvalue weighted by Gasteiger charge is 2.21. The van der Waals surface area contributed by atoms with E-state index in [4.69, 9.17) is 5.11 Å². The van der Waals surface area contributed by atoms with Gasteiger partial charge in [-0.2, -0.15) is 0 Å². The maximum absolute atomic E-state index is 13.0. The second-order valence-corrected chi connectivity index (χ2v) is 4.34. The molecule has 0 saturated carbocycles. The Bertz CT molecular complexity index is 508. The largest absolute Gasteiger partial charge is 0.480 e. The molecule has 1 atom stereocenters. The third kappa shape index (κ3) is 4.18. The van der Waals surface area contributed by atoms with Crippen LogP contribution in [-0.4, -0.2) is 34.6 Å². The van der Waals surface area contributed by atoms with Crippen LogP contribution in [0.5, 0.6) is 0 Å². The Morgan fingerprint density at radius 2 is 2.00 bits per heavy atom. The van der Waals surface area contributed by atoms with Crippen molar-refractivity contribution in [2.75, 3.05) is 11.9 Å². The van der Waals surface area contributed by atoms with E-state index in [1.807, 2.05) is 6.92 Å². The van der Waals surface area contributed by atoms with E-state index in [0.717, 1.165) is 17.0 Å². The number of carbonyl (C=O) groups is 2. The molecular formula is C13H16F2N2O3. The molecule has 0 saturated heterocycles. The molecule has 0 radical (unpaired) electrons. The molecule has 7 heteroatoms. The molecule has 0 aliphatic carbocycles. The molecule has 2 amide bonds. The summed E-state index contributed by atoms with van der Waals surface area (Å²) in [5.74, 6) is -3.26. The smallest absolute Gasteiger partial charge is 0.323 e. The number of amides is 2. The number of carbonyl (C=O) groups excluding carboxylic acids is 1.